The maximum Gasteiger partial charge on any atom is 0.241 e. The Morgan fingerprint density at radius 3 is 2.90 bits per heavy atom. The lowest BCUT2D eigenvalue weighted by Crippen LogP contribution is -2.39. The smallest absolute Gasteiger partial charge is 0.241 e. The predicted molar refractivity (Wildman–Crippen MR) is 34.1 cm³/mol. The Bertz CT molecular complexity index is 174. The number of hydrogen-bond acceptors (Lipinski definition) is 2. The van der Waals surface area contributed by atoms with E-state index >= 15 is 0 Å². The summed E-state index contributed by atoms with van der Waals surface area (Å²) in [6, 6.07) is 0. The molecule has 1 aromatic heterocycles. The van der Waals surface area contributed by atoms with Crippen molar-refractivity contribution in [1.82, 2.24) is 4.98 Å². The molecule has 1 unspecified atom stereocenters. The highest BCUT2D eigenvalue weighted by atomic mass is 16.3. The Morgan fingerprint density at radius 1 is 1.60 bits per heavy atom. The van der Waals surface area contributed by atoms with Crippen LogP contribution in [0.25, 0.3) is 0 Å². The van der Waals surface area contributed by atoms with Gasteiger partial charge in [0.25, 0.3) is 0 Å². The molecular formula is C6H11N2O2+. The van der Waals surface area contributed by atoms with E-state index in [0.29, 0.717) is 6.54 Å². The van der Waals surface area contributed by atoms with Crippen LogP contribution in [0.3, 0.4) is 0 Å². The van der Waals surface area contributed by atoms with E-state index < -0.39 is 6.10 Å². The first-order valence-electron chi connectivity index (χ1n) is 3.13. The third-order valence-electron chi connectivity index (χ3n) is 1.23. The highest BCUT2D eigenvalue weighted by Crippen LogP contribution is 1.79. The topological polar surface area (TPSA) is 60.1 Å². The first-order chi connectivity index (χ1) is 4.83. The van der Waals surface area contributed by atoms with Crippen LogP contribution in [0.15, 0.2) is 18.7 Å². The van der Waals surface area contributed by atoms with Crippen molar-refractivity contribution in [3.63, 3.8) is 0 Å². The van der Waals surface area contributed by atoms with Crippen molar-refractivity contribution < 1.29 is 14.8 Å². The monoisotopic (exact) mass is 143 g/mol. The molecule has 0 fully saturated rings. The maximum absolute atomic E-state index is 8.94. The van der Waals surface area contributed by atoms with Crippen LogP contribution in [-0.4, -0.2) is 27.9 Å². The Kier molecular flexibility index (Phi) is 2.42. The van der Waals surface area contributed by atoms with E-state index in [-0.39, 0.29) is 6.61 Å². The minimum absolute atomic E-state index is 0.196. The highest BCUT2D eigenvalue weighted by Gasteiger charge is 2.05. The first-order valence-corrected chi connectivity index (χ1v) is 3.13. The number of nitrogens with zero attached hydrogens (tertiary/aromatic N) is 1. The molecule has 0 aliphatic heterocycles. The molecule has 0 amide bonds. The molecule has 4 nitrogen and oxygen atoms in total. The number of aromatic amines is 1. The number of rotatable bonds is 3. The standard InChI is InChI=1S/C6H10N2O2/c9-4-6(10)3-8-2-1-7-5-8/h1-2,5-6,9-10H,3-4H2/p+1. The van der Waals surface area contributed by atoms with Gasteiger partial charge in [0.15, 0.2) is 0 Å². The van der Waals surface area contributed by atoms with Crippen LogP contribution >= 0.6 is 0 Å². The van der Waals surface area contributed by atoms with Gasteiger partial charge >= 0.3 is 0 Å². The largest absolute Gasteiger partial charge is 0.394 e. The average Bonchev–Trinajstić information content (AvgIpc) is 2.40. The first kappa shape index (κ1) is 7.24. The summed E-state index contributed by atoms with van der Waals surface area (Å²) in [5.74, 6) is 0. The lowest BCUT2D eigenvalue weighted by molar-refractivity contribution is -0.702. The summed E-state index contributed by atoms with van der Waals surface area (Å²) in [5.41, 5.74) is 0. The Morgan fingerprint density at radius 2 is 2.40 bits per heavy atom. The van der Waals surface area contributed by atoms with Gasteiger partial charge in [-0.05, 0) is 0 Å². The zero-order chi connectivity index (χ0) is 7.40. The minimum Gasteiger partial charge on any atom is -0.394 e. The second kappa shape index (κ2) is 3.34. The molecule has 0 aromatic carbocycles. The summed E-state index contributed by atoms with van der Waals surface area (Å²) >= 11 is 0. The molecule has 0 bridgehead atoms. The maximum atomic E-state index is 8.94. The number of aliphatic hydroxyl groups is 2. The van der Waals surface area contributed by atoms with Gasteiger partial charge in [0.05, 0.1) is 6.61 Å². The minimum atomic E-state index is -0.666. The van der Waals surface area contributed by atoms with E-state index in [9.17, 15) is 0 Å². The van der Waals surface area contributed by atoms with E-state index in [4.69, 9.17) is 10.2 Å². The fourth-order valence-corrected chi connectivity index (χ4v) is 0.735. The Hall–Kier alpha value is -0.870. The van der Waals surface area contributed by atoms with Gasteiger partial charge in [-0.2, -0.15) is 0 Å². The molecule has 1 heterocycles. The van der Waals surface area contributed by atoms with E-state index in [1.165, 1.54) is 0 Å². The number of nitrogens with one attached hydrogen (secondary N) is 1. The van der Waals surface area contributed by atoms with Gasteiger partial charge in [-0.15, -0.1) is 0 Å². The van der Waals surface area contributed by atoms with Gasteiger partial charge in [0, 0.05) is 0 Å². The molecule has 1 aromatic rings. The van der Waals surface area contributed by atoms with Gasteiger partial charge in [-0.1, -0.05) is 0 Å². The SMILES string of the molecule is OCC(O)C[n+]1cc[nH]c1. The average molecular weight is 143 g/mol. The summed E-state index contributed by atoms with van der Waals surface area (Å²) < 4.78 is 1.76. The van der Waals surface area contributed by atoms with Gasteiger partial charge in [0.1, 0.15) is 25.0 Å². The van der Waals surface area contributed by atoms with E-state index in [0.717, 1.165) is 0 Å². The predicted octanol–water partition coefficient (Wildman–Crippen LogP) is -1.34. The number of H-pyrrole nitrogens is 1. The van der Waals surface area contributed by atoms with Crippen LogP contribution in [0.4, 0.5) is 0 Å². The van der Waals surface area contributed by atoms with Gasteiger partial charge in [-0.3, -0.25) is 4.98 Å². The van der Waals surface area contributed by atoms with Crippen LogP contribution in [0.5, 0.6) is 0 Å². The van der Waals surface area contributed by atoms with Crippen LogP contribution in [0.1, 0.15) is 0 Å². The number of aromatic nitrogens is 2. The fraction of sp³-hybridized carbons (Fsp3) is 0.500. The molecule has 0 aliphatic rings. The summed E-state index contributed by atoms with van der Waals surface area (Å²) in [5, 5.41) is 17.4. The molecule has 1 atom stereocenters. The third kappa shape index (κ3) is 1.82. The van der Waals surface area contributed by atoms with E-state index in [2.05, 4.69) is 4.98 Å². The Balaban J connectivity index is 2.40. The quantitative estimate of drug-likeness (QED) is 0.458. The zero-order valence-electron chi connectivity index (χ0n) is 5.57. The molecule has 0 spiro atoms. The van der Waals surface area contributed by atoms with Crippen LogP contribution in [-0.2, 0) is 6.54 Å². The van der Waals surface area contributed by atoms with Crippen molar-refractivity contribution in [3.05, 3.63) is 18.7 Å². The van der Waals surface area contributed by atoms with Crippen molar-refractivity contribution in [2.24, 2.45) is 0 Å². The normalized spacial score (nSPS) is 13.4. The van der Waals surface area contributed by atoms with Gasteiger partial charge < -0.3 is 10.2 Å². The molecule has 4 heteroatoms. The molecule has 0 saturated carbocycles. The van der Waals surface area contributed by atoms with E-state index in [1.807, 2.05) is 0 Å². The summed E-state index contributed by atoms with van der Waals surface area (Å²) in [6.07, 6.45) is 4.60. The molecule has 0 saturated heterocycles. The molecule has 0 radical (unpaired) electrons. The Labute approximate surface area is 58.8 Å². The molecule has 56 valence electrons. The molecule has 0 aliphatic carbocycles. The lowest BCUT2D eigenvalue weighted by Gasteiger charge is -2.01. The summed E-state index contributed by atoms with van der Waals surface area (Å²) in [4.78, 5) is 2.83. The number of hydrogen-bond donors (Lipinski definition) is 3. The lowest BCUT2D eigenvalue weighted by atomic mass is 10.4. The fourth-order valence-electron chi connectivity index (χ4n) is 0.735. The second-order valence-corrected chi connectivity index (χ2v) is 2.14. The number of imidazole rings is 1. The molecule has 10 heavy (non-hydrogen) atoms. The van der Waals surface area contributed by atoms with Gasteiger partial charge in [0.2, 0.25) is 6.33 Å². The van der Waals surface area contributed by atoms with Crippen LogP contribution in [0.2, 0.25) is 0 Å². The summed E-state index contributed by atoms with van der Waals surface area (Å²) in [6.45, 7) is 0.234. The van der Waals surface area contributed by atoms with Crippen molar-refractivity contribution in [3.8, 4) is 0 Å². The van der Waals surface area contributed by atoms with Crippen molar-refractivity contribution >= 4 is 0 Å². The van der Waals surface area contributed by atoms with Crippen molar-refractivity contribution in [1.29, 1.82) is 0 Å². The number of aliphatic hydroxyl groups excluding tert-OH is 2. The van der Waals surface area contributed by atoms with Crippen molar-refractivity contribution in [2.75, 3.05) is 6.61 Å². The third-order valence-corrected chi connectivity index (χ3v) is 1.23. The van der Waals surface area contributed by atoms with E-state index in [1.54, 1.807) is 23.3 Å². The highest BCUT2D eigenvalue weighted by molar-refractivity contribution is 4.56. The molecule has 1 rings (SSSR count). The van der Waals surface area contributed by atoms with Gasteiger partial charge in [-0.25, -0.2) is 4.57 Å². The van der Waals surface area contributed by atoms with Crippen molar-refractivity contribution in [2.45, 2.75) is 12.6 Å². The molecule has 3 N–H and O–H groups in total. The van der Waals surface area contributed by atoms with Crippen LogP contribution in [0, 0.1) is 0 Å². The molecular weight excluding hydrogens is 132 g/mol. The second-order valence-electron chi connectivity index (χ2n) is 2.14. The van der Waals surface area contributed by atoms with Crippen LogP contribution < -0.4 is 4.57 Å². The summed E-state index contributed by atoms with van der Waals surface area (Å²) in [7, 11) is 0. The zero-order valence-corrected chi connectivity index (χ0v) is 5.57.